The van der Waals surface area contributed by atoms with E-state index in [2.05, 4.69) is 44.4 Å². The Morgan fingerprint density at radius 2 is 2.28 bits per heavy atom. The van der Waals surface area contributed by atoms with Gasteiger partial charge < -0.3 is 5.32 Å². The van der Waals surface area contributed by atoms with Gasteiger partial charge in [0.2, 0.25) is 0 Å². The first-order chi connectivity index (χ1) is 8.63. The molecule has 0 radical (unpaired) electrons. The van der Waals surface area contributed by atoms with Gasteiger partial charge in [-0.1, -0.05) is 19.8 Å². The second-order valence-corrected chi connectivity index (χ2v) is 5.85. The lowest BCUT2D eigenvalue weighted by molar-refractivity contribution is 0.356. The molecule has 0 aromatic carbocycles. The number of hydrogen-bond donors (Lipinski definition) is 1. The molecule has 0 spiro atoms. The monoisotopic (exact) mass is 249 g/mol. The molecule has 1 N–H and O–H groups in total. The molecule has 3 heteroatoms. The molecule has 1 fully saturated rings. The van der Waals surface area contributed by atoms with Gasteiger partial charge in [0, 0.05) is 25.2 Å². The van der Waals surface area contributed by atoms with Crippen LogP contribution in [0.2, 0.25) is 0 Å². The van der Waals surface area contributed by atoms with Crippen molar-refractivity contribution in [2.45, 2.75) is 52.0 Å². The molecule has 3 nitrogen and oxygen atoms in total. The van der Waals surface area contributed by atoms with Crippen LogP contribution in [0.1, 0.15) is 44.0 Å². The average Bonchev–Trinajstić information content (AvgIpc) is 2.93. The summed E-state index contributed by atoms with van der Waals surface area (Å²) in [6, 6.07) is 2.83. The van der Waals surface area contributed by atoms with Gasteiger partial charge in [0.15, 0.2) is 0 Å². The smallest absolute Gasteiger partial charge is 0.0596 e. The number of hydrogen-bond acceptors (Lipinski definition) is 2. The SMILES string of the molecule is CCC1CCC(C(Cc2cc(C)nn2C)NC)C1. The number of aromatic nitrogens is 2. The summed E-state index contributed by atoms with van der Waals surface area (Å²) in [5, 5.41) is 7.98. The van der Waals surface area contributed by atoms with Crippen LogP contribution in [-0.4, -0.2) is 22.9 Å². The van der Waals surface area contributed by atoms with Crippen LogP contribution in [0, 0.1) is 18.8 Å². The maximum atomic E-state index is 4.45. The number of nitrogens with one attached hydrogen (secondary N) is 1. The molecular formula is C15H27N3. The molecule has 1 heterocycles. The molecule has 2 rings (SSSR count). The van der Waals surface area contributed by atoms with Gasteiger partial charge in [-0.2, -0.15) is 5.10 Å². The standard InChI is InChI=1S/C15H27N3/c1-5-12-6-7-13(9-12)15(16-3)10-14-8-11(2)17-18(14)4/h8,12-13,15-16H,5-7,9-10H2,1-4H3. The van der Waals surface area contributed by atoms with Crippen molar-refractivity contribution in [2.24, 2.45) is 18.9 Å². The first-order valence-electron chi connectivity index (χ1n) is 7.30. The largest absolute Gasteiger partial charge is 0.316 e. The topological polar surface area (TPSA) is 29.9 Å². The molecule has 0 aliphatic heterocycles. The number of nitrogens with zero attached hydrogens (tertiary/aromatic N) is 2. The predicted molar refractivity (Wildman–Crippen MR) is 75.6 cm³/mol. The van der Waals surface area contributed by atoms with Crippen molar-refractivity contribution in [3.63, 3.8) is 0 Å². The molecule has 0 bridgehead atoms. The Morgan fingerprint density at radius 1 is 1.50 bits per heavy atom. The number of aryl methyl sites for hydroxylation is 2. The zero-order valence-corrected chi connectivity index (χ0v) is 12.2. The summed E-state index contributed by atoms with van der Waals surface area (Å²) in [5.74, 6) is 1.80. The Morgan fingerprint density at radius 3 is 2.78 bits per heavy atom. The highest BCUT2D eigenvalue weighted by Crippen LogP contribution is 2.35. The van der Waals surface area contributed by atoms with E-state index in [1.165, 1.54) is 31.4 Å². The highest BCUT2D eigenvalue weighted by molar-refractivity contribution is 5.10. The van der Waals surface area contributed by atoms with E-state index in [9.17, 15) is 0 Å². The van der Waals surface area contributed by atoms with E-state index >= 15 is 0 Å². The van der Waals surface area contributed by atoms with Gasteiger partial charge in [0.25, 0.3) is 0 Å². The van der Waals surface area contributed by atoms with E-state index in [1.807, 2.05) is 4.68 Å². The van der Waals surface area contributed by atoms with Crippen molar-refractivity contribution in [3.05, 3.63) is 17.5 Å². The van der Waals surface area contributed by atoms with Crippen LogP contribution < -0.4 is 5.32 Å². The first kappa shape index (κ1) is 13.6. The van der Waals surface area contributed by atoms with Crippen molar-refractivity contribution in [1.29, 1.82) is 0 Å². The van der Waals surface area contributed by atoms with Gasteiger partial charge >= 0.3 is 0 Å². The summed E-state index contributed by atoms with van der Waals surface area (Å²) in [7, 11) is 4.16. The second kappa shape index (κ2) is 5.87. The van der Waals surface area contributed by atoms with Crippen LogP contribution in [0.25, 0.3) is 0 Å². The predicted octanol–water partition coefficient (Wildman–Crippen LogP) is 2.69. The molecule has 0 saturated heterocycles. The lowest BCUT2D eigenvalue weighted by Gasteiger charge is -2.23. The van der Waals surface area contributed by atoms with E-state index < -0.39 is 0 Å². The molecule has 3 atom stereocenters. The zero-order chi connectivity index (χ0) is 13.1. The number of rotatable bonds is 5. The summed E-state index contributed by atoms with van der Waals surface area (Å²) < 4.78 is 2.03. The molecular weight excluding hydrogens is 222 g/mol. The molecule has 1 aromatic rings. The third-order valence-corrected chi connectivity index (χ3v) is 4.63. The van der Waals surface area contributed by atoms with Gasteiger partial charge in [0.05, 0.1) is 5.69 Å². The minimum atomic E-state index is 0.608. The number of likely N-dealkylation sites (N-methyl/N-ethyl adjacent to an activating group) is 1. The maximum Gasteiger partial charge on any atom is 0.0596 e. The van der Waals surface area contributed by atoms with Crippen molar-refractivity contribution >= 4 is 0 Å². The molecule has 3 unspecified atom stereocenters. The van der Waals surface area contributed by atoms with Gasteiger partial charge in [0.1, 0.15) is 0 Å². The van der Waals surface area contributed by atoms with Crippen LogP contribution in [-0.2, 0) is 13.5 Å². The van der Waals surface area contributed by atoms with Crippen LogP contribution in [0.5, 0.6) is 0 Å². The third-order valence-electron chi connectivity index (χ3n) is 4.63. The fourth-order valence-electron chi connectivity index (χ4n) is 3.43. The van der Waals surface area contributed by atoms with E-state index in [0.29, 0.717) is 6.04 Å². The zero-order valence-electron chi connectivity index (χ0n) is 12.2. The summed E-state index contributed by atoms with van der Waals surface area (Å²) in [6.07, 6.45) is 6.66. The lowest BCUT2D eigenvalue weighted by Crippen LogP contribution is -2.35. The highest BCUT2D eigenvalue weighted by atomic mass is 15.3. The molecule has 1 aliphatic carbocycles. The van der Waals surface area contributed by atoms with Crippen molar-refractivity contribution in [2.75, 3.05) is 7.05 Å². The Bertz CT molecular complexity index is 383. The molecule has 1 saturated carbocycles. The van der Waals surface area contributed by atoms with Crippen LogP contribution in [0.15, 0.2) is 6.07 Å². The van der Waals surface area contributed by atoms with Crippen molar-refractivity contribution < 1.29 is 0 Å². The molecule has 0 amide bonds. The van der Waals surface area contributed by atoms with E-state index in [4.69, 9.17) is 0 Å². The summed E-state index contributed by atoms with van der Waals surface area (Å²) >= 11 is 0. The van der Waals surface area contributed by atoms with Gasteiger partial charge in [-0.15, -0.1) is 0 Å². The quantitative estimate of drug-likeness (QED) is 0.869. The molecule has 1 aromatic heterocycles. The normalized spacial score (nSPS) is 25.6. The summed E-state index contributed by atoms with van der Waals surface area (Å²) in [6.45, 7) is 4.40. The molecule has 1 aliphatic rings. The summed E-state index contributed by atoms with van der Waals surface area (Å²) in [5.41, 5.74) is 2.48. The Kier molecular flexibility index (Phi) is 4.44. The fraction of sp³-hybridized carbons (Fsp3) is 0.800. The van der Waals surface area contributed by atoms with Crippen molar-refractivity contribution in [3.8, 4) is 0 Å². The third kappa shape index (κ3) is 2.94. The van der Waals surface area contributed by atoms with E-state index in [0.717, 1.165) is 24.0 Å². The van der Waals surface area contributed by atoms with Crippen LogP contribution in [0.3, 0.4) is 0 Å². The Balaban J connectivity index is 1.99. The van der Waals surface area contributed by atoms with E-state index in [-0.39, 0.29) is 0 Å². The van der Waals surface area contributed by atoms with Crippen molar-refractivity contribution in [1.82, 2.24) is 15.1 Å². The molecule has 18 heavy (non-hydrogen) atoms. The minimum absolute atomic E-state index is 0.608. The Hall–Kier alpha value is -0.830. The second-order valence-electron chi connectivity index (χ2n) is 5.85. The van der Waals surface area contributed by atoms with Gasteiger partial charge in [-0.3, -0.25) is 4.68 Å². The van der Waals surface area contributed by atoms with Crippen LogP contribution >= 0.6 is 0 Å². The minimum Gasteiger partial charge on any atom is -0.316 e. The highest BCUT2D eigenvalue weighted by Gasteiger charge is 2.29. The fourth-order valence-corrected chi connectivity index (χ4v) is 3.43. The van der Waals surface area contributed by atoms with Gasteiger partial charge in [-0.05, 0) is 44.7 Å². The maximum absolute atomic E-state index is 4.45. The Labute approximate surface area is 111 Å². The van der Waals surface area contributed by atoms with Gasteiger partial charge in [-0.25, -0.2) is 0 Å². The summed E-state index contributed by atoms with van der Waals surface area (Å²) in [4.78, 5) is 0. The van der Waals surface area contributed by atoms with E-state index in [1.54, 1.807) is 0 Å². The van der Waals surface area contributed by atoms with Crippen LogP contribution in [0.4, 0.5) is 0 Å². The average molecular weight is 249 g/mol. The molecule has 102 valence electrons. The lowest BCUT2D eigenvalue weighted by atomic mass is 9.92. The first-order valence-corrected chi connectivity index (χ1v) is 7.30.